The molecule has 0 bridgehead atoms. The molecule has 60 valence electrons. The lowest BCUT2D eigenvalue weighted by atomic mass is 10.2. The minimum absolute atomic E-state index is 0.631. The van der Waals surface area contributed by atoms with Crippen molar-refractivity contribution in [1.82, 2.24) is 9.97 Å². The Kier molecular flexibility index (Phi) is 2.83. The van der Waals surface area contributed by atoms with Gasteiger partial charge in [-0.2, -0.15) is 0 Å². The highest BCUT2D eigenvalue weighted by Gasteiger charge is 1.98. The fraction of sp³-hybridized carbons (Fsp3) is 0.500. The second-order valence-electron chi connectivity index (χ2n) is 2.53. The number of nitrogens with zero attached hydrogens (tertiary/aromatic N) is 1. The molecule has 0 aliphatic heterocycles. The SMILES string of the molecule is Cc1[nH]cnc1CCCC=O. The van der Waals surface area contributed by atoms with Gasteiger partial charge in [0.1, 0.15) is 6.29 Å². The topological polar surface area (TPSA) is 45.8 Å². The zero-order valence-electron chi connectivity index (χ0n) is 6.63. The summed E-state index contributed by atoms with van der Waals surface area (Å²) in [4.78, 5) is 17.1. The van der Waals surface area contributed by atoms with E-state index in [9.17, 15) is 4.79 Å². The highest BCUT2D eigenvalue weighted by Crippen LogP contribution is 2.04. The molecule has 0 atom stereocenters. The average molecular weight is 152 g/mol. The molecule has 1 aromatic rings. The van der Waals surface area contributed by atoms with Crippen LogP contribution in [0, 0.1) is 6.92 Å². The molecule has 0 aromatic carbocycles. The van der Waals surface area contributed by atoms with Crippen LogP contribution in [0.1, 0.15) is 24.2 Å². The number of hydrogen-bond acceptors (Lipinski definition) is 2. The third kappa shape index (κ3) is 2.18. The molecule has 1 N–H and O–H groups in total. The van der Waals surface area contributed by atoms with Crippen LogP contribution < -0.4 is 0 Å². The van der Waals surface area contributed by atoms with Gasteiger partial charge < -0.3 is 9.78 Å². The summed E-state index contributed by atoms with van der Waals surface area (Å²) >= 11 is 0. The van der Waals surface area contributed by atoms with Crippen LogP contribution in [-0.4, -0.2) is 16.3 Å². The van der Waals surface area contributed by atoms with E-state index in [2.05, 4.69) is 9.97 Å². The fourth-order valence-electron chi connectivity index (χ4n) is 0.992. The van der Waals surface area contributed by atoms with Gasteiger partial charge >= 0.3 is 0 Å². The lowest BCUT2D eigenvalue weighted by molar-refractivity contribution is -0.107. The van der Waals surface area contributed by atoms with E-state index in [0.29, 0.717) is 6.42 Å². The van der Waals surface area contributed by atoms with Crippen molar-refractivity contribution in [3.8, 4) is 0 Å². The molecule has 1 heterocycles. The summed E-state index contributed by atoms with van der Waals surface area (Å²) in [5, 5.41) is 0. The van der Waals surface area contributed by atoms with Crippen LogP contribution in [0.2, 0.25) is 0 Å². The molecule has 0 saturated heterocycles. The van der Waals surface area contributed by atoms with Gasteiger partial charge in [0.2, 0.25) is 0 Å². The van der Waals surface area contributed by atoms with Crippen LogP contribution in [0.3, 0.4) is 0 Å². The number of aryl methyl sites for hydroxylation is 2. The number of imidazole rings is 1. The molecule has 3 heteroatoms. The van der Waals surface area contributed by atoms with Crippen molar-refractivity contribution in [2.24, 2.45) is 0 Å². The number of rotatable bonds is 4. The van der Waals surface area contributed by atoms with Crippen molar-refractivity contribution in [1.29, 1.82) is 0 Å². The summed E-state index contributed by atoms with van der Waals surface area (Å²) in [7, 11) is 0. The second kappa shape index (κ2) is 3.91. The first-order valence-electron chi connectivity index (χ1n) is 3.77. The van der Waals surface area contributed by atoms with Gasteiger partial charge in [0.25, 0.3) is 0 Å². The number of H-pyrrole nitrogens is 1. The molecule has 0 unspecified atom stereocenters. The Labute approximate surface area is 65.8 Å². The first-order chi connectivity index (χ1) is 5.34. The second-order valence-corrected chi connectivity index (χ2v) is 2.53. The summed E-state index contributed by atoms with van der Waals surface area (Å²) in [6, 6.07) is 0. The number of aromatic amines is 1. The summed E-state index contributed by atoms with van der Waals surface area (Å²) in [6.07, 6.45) is 5.06. The number of aldehydes is 1. The van der Waals surface area contributed by atoms with Crippen molar-refractivity contribution < 1.29 is 4.79 Å². The minimum atomic E-state index is 0.631. The largest absolute Gasteiger partial charge is 0.348 e. The predicted octanol–water partition coefficient (Wildman–Crippen LogP) is 1.24. The molecule has 0 radical (unpaired) electrons. The number of hydrogen-bond donors (Lipinski definition) is 1. The lowest BCUT2D eigenvalue weighted by Crippen LogP contribution is -1.88. The zero-order valence-corrected chi connectivity index (χ0v) is 6.63. The van der Waals surface area contributed by atoms with Crippen molar-refractivity contribution in [2.75, 3.05) is 0 Å². The molecule has 3 nitrogen and oxygen atoms in total. The van der Waals surface area contributed by atoms with E-state index in [1.54, 1.807) is 6.33 Å². The van der Waals surface area contributed by atoms with Crippen LogP contribution in [0.5, 0.6) is 0 Å². The summed E-state index contributed by atoms with van der Waals surface area (Å²) in [5.74, 6) is 0. The van der Waals surface area contributed by atoms with Gasteiger partial charge in [-0.1, -0.05) is 0 Å². The quantitative estimate of drug-likeness (QED) is 0.521. The number of carbonyl (C=O) groups is 1. The molecule has 0 aliphatic rings. The number of aromatic nitrogens is 2. The highest BCUT2D eigenvalue weighted by molar-refractivity contribution is 5.49. The molecule has 1 aromatic heterocycles. The minimum Gasteiger partial charge on any atom is -0.348 e. The van der Waals surface area contributed by atoms with Gasteiger partial charge in [-0.25, -0.2) is 4.98 Å². The van der Waals surface area contributed by atoms with Gasteiger partial charge in [-0.05, 0) is 19.8 Å². The van der Waals surface area contributed by atoms with Crippen molar-refractivity contribution in [2.45, 2.75) is 26.2 Å². The van der Waals surface area contributed by atoms with Gasteiger partial charge in [0.05, 0.1) is 12.0 Å². The first-order valence-corrected chi connectivity index (χ1v) is 3.77. The maximum Gasteiger partial charge on any atom is 0.120 e. The zero-order chi connectivity index (χ0) is 8.10. The van der Waals surface area contributed by atoms with Gasteiger partial charge in [-0.15, -0.1) is 0 Å². The van der Waals surface area contributed by atoms with Crippen molar-refractivity contribution >= 4 is 6.29 Å². The monoisotopic (exact) mass is 152 g/mol. The summed E-state index contributed by atoms with van der Waals surface area (Å²) < 4.78 is 0. The molecular formula is C8H12N2O. The number of carbonyl (C=O) groups excluding carboxylic acids is 1. The van der Waals surface area contributed by atoms with Crippen LogP contribution >= 0.6 is 0 Å². The van der Waals surface area contributed by atoms with Gasteiger partial charge in [0, 0.05) is 12.1 Å². The van der Waals surface area contributed by atoms with Gasteiger partial charge in [-0.3, -0.25) is 0 Å². The van der Waals surface area contributed by atoms with Gasteiger partial charge in [0.15, 0.2) is 0 Å². The first kappa shape index (κ1) is 7.98. The number of nitrogens with one attached hydrogen (secondary N) is 1. The average Bonchev–Trinajstić information content (AvgIpc) is 2.37. The van der Waals surface area contributed by atoms with E-state index in [-0.39, 0.29) is 0 Å². The highest BCUT2D eigenvalue weighted by atomic mass is 16.1. The van der Waals surface area contributed by atoms with Crippen LogP contribution in [0.15, 0.2) is 6.33 Å². The predicted molar refractivity (Wildman–Crippen MR) is 42.3 cm³/mol. The van der Waals surface area contributed by atoms with Crippen LogP contribution in [0.25, 0.3) is 0 Å². The summed E-state index contributed by atoms with van der Waals surface area (Å²) in [6.45, 7) is 1.99. The van der Waals surface area contributed by atoms with Crippen molar-refractivity contribution in [3.05, 3.63) is 17.7 Å². The van der Waals surface area contributed by atoms with E-state index >= 15 is 0 Å². The molecule has 11 heavy (non-hydrogen) atoms. The fourth-order valence-corrected chi connectivity index (χ4v) is 0.992. The third-order valence-corrected chi connectivity index (χ3v) is 1.67. The lowest BCUT2D eigenvalue weighted by Gasteiger charge is -1.93. The normalized spacial score (nSPS) is 9.91. The van der Waals surface area contributed by atoms with E-state index in [0.717, 1.165) is 30.5 Å². The van der Waals surface area contributed by atoms with E-state index in [4.69, 9.17) is 0 Å². The maximum absolute atomic E-state index is 9.99. The Morgan fingerprint density at radius 3 is 3.09 bits per heavy atom. The Bertz CT molecular complexity index is 230. The third-order valence-electron chi connectivity index (χ3n) is 1.67. The Hall–Kier alpha value is -1.12. The van der Waals surface area contributed by atoms with Crippen molar-refractivity contribution in [3.63, 3.8) is 0 Å². The molecule has 0 amide bonds. The van der Waals surface area contributed by atoms with Crippen LogP contribution in [0.4, 0.5) is 0 Å². The standard InChI is InChI=1S/C8H12N2O/c1-7-8(10-6-9-7)4-2-3-5-11/h5-6H,2-4H2,1H3,(H,9,10). The molecule has 0 fully saturated rings. The summed E-state index contributed by atoms with van der Waals surface area (Å²) in [5.41, 5.74) is 2.18. The molecular weight excluding hydrogens is 140 g/mol. The van der Waals surface area contributed by atoms with E-state index in [1.807, 2.05) is 6.92 Å². The van der Waals surface area contributed by atoms with E-state index in [1.165, 1.54) is 0 Å². The van der Waals surface area contributed by atoms with Crippen LogP contribution in [-0.2, 0) is 11.2 Å². The molecule has 0 spiro atoms. The maximum atomic E-state index is 9.99. The Morgan fingerprint density at radius 2 is 2.55 bits per heavy atom. The molecule has 0 saturated carbocycles. The molecule has 1 rings (SSSR count). The Balaban J connectivity index is 2.38. The Morgan fingerprint density at radius 1 is 1.73 bits per heavy atom. The smallest absolute Gasteiger partial charge is 0.120 e. The number of unbranched alkanes of at least 4 members (excludes halogenated alkanes) is 1. The molecule has 0 aliphatic carbocycles. The van der Waals surface area contributed by atoms with E-state index < -0.39 is 0 Å².